The summed E-state index contributed by atoms with van der Waals surface area (Å²) in [6.07, 6.45) is 1.38. The summed E-state index contributed by atoms with van der Waals surface area (Å²) < 4.78 is 29.8. The molecule has 1 N–H and O–H groups in total. The normalized spacial score (nSPS) is 11.4. The molecule has 0 unspecified atom stereocenters. The Balaban J connectivity index is 2.07. The molecule has 6 nitrogen and oxygen atoms in total. The minimum absolute atomic E-state index is 0.0335. The molecule has 2 aromatic heterocycles. The van der Waals surface area contributed by atoms with Gasteiger partial charge in [-0.25, -0.2) is 18.1 Å². The van der Waals surface area contributed by atoms with Crippen molar-refractivity contribution >= 4 is 38.6 Å². The molecule has 0 aliphatic heterocycles. The van der Waals surface area contributed by atoms with Gasteiger partial charge in [0.1, 0.15) is 9.88 Å². The lowest BCUT2D eigenvalue weighted by Crippen LogP contribution is -2.33. The highest BCUT2D eigenvalue weighted by Gasteiger charge is 2.18. The number of thiazole rings is 1. The van der Waals surface area contributed by atoms with Crippen molar-refractivity contribution in [3.8, 4) is 9.88 Å². The number of nitrogens with zero attached hydrogens (tertiary/aromatic N) is 1. The van der Waals surface area contributed by atoms with Gasteiger partial charge < -0.3 is 4.74 Å². The van der Waals surface area contributed by atoms with Gasteiger partial charge in [-0.15, -0.1) is 22.7 Å². The van der Waals surface area contributed by atoms with E-state index in [0.29, 0.717) is 5.01 Å². The summed E-state index contributed by atoms with van der Waals surface area (Å²) in [6.45, 7) is 0.0335. The largest absolute Gasteiger partial charge is 0.384 e. The standard InChI is InChI=1S/C11H12N2O4S3/c1-17-4-6-20(15,16)13-10(14)9-7-12-11(19-9)8-3-2-5-18-8/h2-3,5,7H,4,6H2,1H3,(H,13,14). The van der Waals surface area contributed by atoms with E-state index >= 15 is 0 Å². The number of nitrogens with one attached hydrogen (secondary N) is 1. The number of carbonyl (C=O) groups is 1. The van der Waals surface area contributed by atoms with Crippen molar-refractivity contribution < 1.29 is 17.9 Å². The zero-order chi connectivity index (χ0) is 14.6. The van der Waals surface area contributed by atoms with Gasteiger partial charge in [-0.2, -0.15) is 0 Å². The van der Waals surface area contributed by atoms with Crippen LogP contribution in [-0.4, -0.2) is 38.8 Å². The number of amides is 1. The third-order valence-electron chi connectivity index (χ3n) is 2.27. The first-order valence-corrected chi connectivity index (χ1v) is 8.90. The van der Waals surface area contributed by atoms with Gasteiger partial charge in [-0.05, 0) is 11.4 Å². The first-order chi connectivity index (χ1) is 9.52. The maximum atomic E-state index is 11.8. The number of carbonyl (C=O) groups excluding carboxylic acids is 1. The number of thiophene rings is 1. The first-order valence-electron chi connectivity index (χ1n) is 5.55. The zero-order valence-electron chi connectivity index (χ0n) is 10.5. The molecule has 0 aromatic carbocycles. The lowest BCUT2D eigenvalue weighted by molar-refractivity contribution is 0.0985. The van der Waals surface area contributed by atoms with Crippen molar-refractivity contribution in [1.82, 2.24) is 9.71 Å². The van der Waals surface area contributed by atoms with Gasteiger partial charge in [-0.1, -0.05) is 6.07 Å². The van der Waals surface area contributed by atoms with Crippen LogP contribution >= 0.6 is 22.7 Å². The SMILES string of the molecule is COCCS(=O)(=O)NC(=O)c1cnc(-c2cccs2)s1. The average molecular weight is 332 g/mol. The van der Waals surface area contributed by atoms with E-state index in [1.165, 1.54) is 24.6 Å². The van der Waals surface area contributed by atoms with E-state index in [2.05, 4.69) is 9.72 Å². The predicted octanol–water partition coefficient (Wildman–Crippen LogP) is 1.58. The summed E-state index contributed by atoms with van der Waals surface area (Å²) in [5.41, 5.74) is 0. The van der Waals surface area contributed by atoms with E-state index < -0.39 is 15.9 Å². The highest BCUT2D eigenvalue weighted by Crippen LogP contribution is 2.28. The second-order valence-corrected chi connectivity index (χ2v) is 7.57. The molecular formula is C11H12N2O4S3. The van der Waals surface area contributed by atoms with Crippen LogP contribution in [0.15, 0.2) is 23.7 Å². The van der Waals surface area contributed by atoms with Gasteiger partial charge in [0.05, 0.1) is 23.4 Å². The summed E-state index contributed by atoms with van der Waals surface area (Å²) in [6, 6.07) is 3.77. The van der Waals surface area contributed by atoms with Crippen molar-refractivity contribution in [2.24, 2.45) is 0 Å². The van der Waals surface area contributed by atoms with Gasteiger partial charge in [0, 0.05) is 7.11 Å². The molecule has 0 aliphatic rings. The van der Waals surface area contributed by atoms with Crippen molar-refractivity contribution in [1.29, 1.82) is 0 Å². The predicted molar refractivity (Wildman–Crippen MR) is 78.6 cm³/mol. The summed E-state index contributed by atoms with van der Waals surface area (Å²) in [5.74, 6) is -0.923. The zero-order valence-corrected chi connectivity index (χ0v) is 13.0. The average Bonchev–Trinajstić information content (AvgIpc) is 3.05. The Bertz CT molecular complexity index is 676. The van der Waals surface area contributed by atoms with E-state index in [1.807, 2.05) is 22.2 Å². The molecule has 0 fully saturated rings. The molecule has 108 valence electrons. The molecule has 0 saturated heterocycles. The molecule has 1 amide bonds. The van der Waals surface area contributed by atoms with Crippen molar-refractivity contribution in [3.05, 3.63) is 28.6 Å². The van der Waals surface area contributed by atoms with E-state index in [4.69, 9.17) is 0 Å². The van der Waals surface area contributed by atoms with Gasteiger partial charge >= 0.3 is 0 Å². The Morgan fingerprint density at radius 3 is 2.95 bits per heavy atom. The number of hydrogen-bond acceptors (Lipinski definition) is 7. The lowest BCUT2D eigenvalue weighted by atomic mass is 10.5. The summed E-state index contributed by atoms with van der Waals surface area (Å²) in [4.78, 5) is 17.2. The summed E-state index contributed by atoms with van der Waals surface area (Å²) in [5, 5.41) is 2.60. The van der Waals surface area contributed by atoms with Crippen LogP contribution < -0.4 is 4.72 Å². The molecule has 0 bridgehead atoms. The van der Waals surface area contributed by atoms with Crippen LogP contribution in [0.3, 0.4) is 0 Å². The van der Waals surface area contributed by atoms with Gasteiger partial charge in [-0.3, -0.25) is 4.79 Å². The Kier molecular flexibility index (Phi) is 4.86. The highest BCUT2D eigenvalue weighted by atomic mass is 32.2. The quantitative estimate of drug-likeness (QED) is 0.868. The molecular weight excluding hydrogens is 320 g/mol. The van der Waals surface area contributed by atoms with Crippen molar-refractivity contribution in [2.75, 3.05) is 19.5 Å². The maximum Gasteiger partial charge on any atom is 0.276 e. The van der Waals surface area contributed by atoms with Crippen LogP contribution in [0.25, 0.3) is 9.88 Å². The number of hydrogen-bond donors (Lipinski definition) is 1. The fourth-order valence-electron chi connectivity index (χ4n) is 1.33. The van der Waals surface area contributed by atoms with Crippen LogP contribution in [0.1, 0.15) is 9.67 Å². The van der Waals surface area contributed by atoms with Crippen LogP contribution in [0.4, 0.5) is 0 Å². The Hall–Kier alpha value is -1.29. The van der Waals surface area contributed by atoms with Gasteiger partial charge in [0.25, 0.3) is 5.91 Å². The molecule has 2 rings (SSSR count). The van der Waals surface area contributed by atoms with Crippen molar-refractivity contribution in [2.45, 2.75) is 0 Å². The van der Waals surface area contributed by atoms with Gasteiger partial charge in [0.2, 0.25) is 10.0 Å². The van der Waals surface area contributed by atoms with Crippen LogP contribution in [0.2, 0.25) is 0 Å². The van der Waals surface area contributed by atoms with Crippen LogP contribution in [0, 0.1) is 0 Å². The molecule has 0 atom stereocenters. The second-order valence-electron chi connectivity index (χ2n) is 3.75. The Morgan fingerprint density at radius 2 is 2.30 bits per heavy atom. The molecule has 9 heteroatoms. The first kappa shape index (κ1) is 15.1. The third-order valence-corrected chi connectivity index (χ3v) is 5.50. The lowest BCUT2D eigenvalue weighted by Gasteiger charge is -2.04. The minimum Gasteiger partial charge on any atom is -0.384 e. The molecule has 20 heavy (non-hydrogen) atoms. The second kappa shape index (κ2) is 6.44. The van der Waals surface area contributed by atoms with E-state index in [0.717, 1.165) is 16.2 Å². The summed E-state index contributed by atoms with van der Waals surface area (Å²) in [7, 11) is -2.28. The molecule has 0 spiro atoms. The van der Waals surface area contributed by atoms with Crippen LogP contribution in [0.5, 0.6) is 0 Å². The molecule has 0 saturated carbocycles. The number of sulfonamides is 1. The number of rotatable bonds is 6. The van der Waals surface area contributed by atoms with E-state index in [-0.39, 0.29) is 17.2 Å². The number of ether oxygens (including phenoxy) is 1. The Morgan fingerprint density at radius 1 is 1.50 bits per heavy atom. The monoisotopic (exact) mass is 332 g/mol. The highest BCUT2D eigenvalue weighted by molar-refractivity contribution is 7.90. The fraction of sp³-hybridized carbons (Fsp3) is 0.273. The minimum atomic E-state index is -3.68. The summed E-state index contributed by atoms with van der Waals surface area (Å²) >= 11 is 2.66. The van der Waals surface area contributed by atoms with Crippen LogP contribution in [-0.2, 0) is 14.8 Å². The number of aromatic nitrogens is 1. The molecule has 2 aromatic rings. The third kappa shape index (κ3) is 3.85. The van der Waals surface area contributed by atoms with E-state index in [1.54, 1.807) is 0 Å². The fourth-order valence-corrected chi connectivity index (χ4v) is 3.89. The number of methoxy groups -OCH3 is 1. The Labute approximate surface area is 124 Å². The van der Waals surface area contributed by atoms with Gasteiger partial charge in [0.15, 0.2) is 0 Å². The smallest absolute Gasteiger partial charge is 0.276 e. The van der Waals surface area contributed by atoms with E-state index in [9.17, 15) is 13.2 Å². The maximum absolute atomic E-state index is 11.8. The topological polar surface area (TPSA) is 85.4 Å². The van der Waals surface area contributed by atoms with Crippen molar-refractivity contribution in [3.63, 3.8) is 0 Å². The molecule has 0 aliphatic carbocycles. The molecule has 2 heterocycles. The molecule has 0 radical (unpaired) electrons.